The molecule has 7 aromatic carbocycles. The Morgan fingerprint density at radius 2 is 0.681 bits per heavy atom. The van der Waals surface area contributed by atoms with Crippen molar-refractivity contribution in [1.82, 2.24) is 13.4 Å². The average Bonchev–Trinajstić information content (AvgIpc) is 3.77. The van der Waals surface area contributed by atoms with Gasteiger partial charge in [0.2, 0.25) is 0 Å². The summed E-state index contributed by atoms with van der Waals surface area (Å²) in [5.74, 6) is 0. The fraction of sp³-hybridized carbons (Fsp3) is 0. The molecular formula is C44H27N3. The van der Waals surface area contributed by atoms with Crippen LogP contribution in [-0.4, -0.2) is 13.4 Å². The highest BCUT2D eigenvalue weighted by Crippen LogP contribution is 2.42. The van der Waals surface area contributed by atoms with E-state index in [1.807, 2.05) is 0 Å². The fourth-order valence-corrected chi connectivity index (χ4v) is 8.29. The van der Waals surface area contributed by atoms with E-state index in [0.29, 0.717) is 0 Å². The van der Waals surface area contributed by atoms with Crippen molar-refractivity contribution in [2.45, 2.75) is 0 Å². The van der Waals surface area contributed by atoms with Gasteiger partial charge in [-0.3, -0.25) is 8.80 Å². The van der Waals surface area contributed by atoms with E-state index >= 15 is 0 Å². The largest absolute Gasteiger partial charge is 0.309 e. The Kier molecular flexibility index (Phi) is 4.84. The van der Waals surface area contributed by atoms with Crippen LogP contribution in [0.25, 0.3) is 92.9 Å². The molecule has 0 unspecified atom stereocenters. The minimum absolute atomic E-state index is 1.16. The van der Waals surface area contributed by atoms with E-state index in [2.05, 4.69) is 177 Å². The monoisotopic (exact) mass is 597 g/mol. The normalized spacial score (nSPS) is 12.3. The van der Waals surface area contributed by atoms with Gasteiger partial charge in [-0.05, 0) is 59.3 Å². The molecule has 0 amide bonds. The quantitative estimate of drug-likeness (QED) is 0.179. The van der Waals surface area contributed by atoms with Crippen molar-refractivity contribution in [1.29, 1.82) is 0 Å². The standard InChI is InChI=1S/C44H27N3/c1-2-14-28(15-3-1)45-37-22-10-7-19-32(37)36-27-42-35(26-41(36)45)30-17-5-4-16-29(30)31-18-6-11-23-38(31)46-39-24-12-8-20-33(39)43-34-21-9-13-25-40(34)47(42)44(43)46/h1-27H. The first-order valence-electron chi connectivity index (χ1n) is 16.2. The minimum Gasteiger partial charge on any atom is -0.309 e. The number of nitrogens with zero attached hydrogens (tertiary/aromatic N) is 3. The van der Waals surface area contributed by atoms with Gasteiger partial charge in [0.25, 0.3) is 0 Å². The summed E-state index contributed by atoms with van der Waals surface area (Å²) in [5, 5.41) is 11.2. The molecule has 0 saturated carbocycles. The molecule has 0 N–H and O–H groups in total. The highest BCUT2D eigenvalue weighted by Gasteiger charge is 2.21. The van der Waals surface area contributed by atoms with Crippen LogP contribution in [0.3, 0.4) is 0 Å². The van der Waals surface area contributed by atoms with Gasteiger partial charge in [0.05, 0.1) is 33.1 Å². The van der Waals surface area contributed by atoms with Crippen LogP contribution in [0.4, 0.5) is 0 Å². The maximum atomic E-state index is 2.53. The summed E-state index contributed by atoms with van der Waals surface area (Å²) in [6.45, 7) is 0. The highest BCUT2D eigenvalue weighted by atomic mass is 15.1. The summed E-state index contributed by atoms with van der Waals surface area (Å²) in [6.07, 6.45) is 0. The molecule has 4 aromatic heterocycles. The number of hydrogen-bond donors (Lipinski definition) is 0. The second kappa shape index (κ2) is 9.12. The lowest BCUT2D eigenvalue weighted by atomic mass is 10.0. The molecule has 11 aromatic rings. The first-order chi connectivity index (χ1) is 23.4. The van der Waals surface area contributed by atoms with Gasteiger partial charge in [-0.15, -0.1) is 0 Å². The molecule has 0 fully saturated rings. The van der Waals surface area contributed by atoms with Crippen LogP contribution >= 0.6 is 0 Å². The summed E-state index contributed by atoms with van der Waals surface area (Å²) in [6, 6.07) is 60.1. The first kappa shape index (κ1) is 24.9. The Morgan fingerprint density at radius 3 is 1.32 bits per heavy atom. The highest BCUT2D eigenvalue weighted by molar-refractivity contribution is 6.26. The molecular weight excluding hydrogens is 571 g/mol. The van der Waals surface area contributed by atoms with Crippen LogP contribution in [0.15, 0.2) is 164 Å². The molecule has 0 aliphatic heterocycles. The number of fused-ring (bicyclic) bond motifs is 16. The third-order valence-electron chi connectivity index (χ3n) is 10.2. The van der Waals surface area contributed by atoms with Gasteiger partial charge in [0.15, 0.2) is 0 Å². The third kappa shape index (κ3) is 3.20. The van der Waals surface area contributed by atoms with Gasteiger partial charge in [0.1, 0.15) is 5.65 Å². The molecule has 3 heteroatoms. The zero-order valence-electron chi connectivity index (χ0n) is 25.4. The SMILES string of the molecule is c1ccc(-n2c3ccccc3c3cc4c(cc32)c2ccccc2c2ccccc2n2c3ccccc3c3c5ccccc5n4c32)cc1. The van der Waals surface area contributed by atoms with E-state index in [-0.39, 0.29) is 0 Å². The summed E-state index contributed by atoms with van der Waals surface area (Å²) in [7, 11) is 0. The van der Waals surface area contributed by atoms with Crippen LogP contribution < -0.4 is 0 Å². The Hall–Kier alpha value is -6.32. The first-order valence-corrected chi connectivity index (χ1v) is 16.2. The van der Waals surface area contributed by atoms with Gasteiger partial charge in [-0.25, -0.2) is 0 Å². The third-order valence-corrected chi connectivity index (χ3v) is 10.2. The van der Waals surface area contributed by atoms with E-state index in [1.54, 1.807) is 0 Å². The van der Waals surface area contributed by atoms with Crippen molar-refractivity contribution < 1.29 is 0 Å². The molecule has 11 rings (SSSR count). The minimum atomic E-state index is 1.16. The van der Waals surface area contributed by atoms with Gasteiger partial charge in [-0.2, -0.15) is 0 Å². The Morgan fingerprint density at radius 1 is 0.277 bits per heavy atom. The second-order valence-electron chi connectivity index (χ2n) is 12.5. The van der Waals surface area contributed by atoms with Crippen molar-refractivity contribution in [2.24, 2.45) is 0 Å². The van der Waals surface area contributed by atoms with Crippen LogP contribution in [0, 0.1) is 0 Å². The van der Waals surface area contributed by atoms with Gasteiger partial charge < -0.3 is 4.57 Å². The lowest BCUT2D eigenvalue weighted by Gasteiger charge is -2.09. The van der Waals surface area contributed by atoms with Gasteiger partial charge in [-0.1, -0.05) is 115 Å². The number of para-hydroxylation sites is 5. The lowest BCUT2D eigenvalue weighted by molar-refractivity contribution is 1.18. The second-order valence-corrected chi connectivity index (χ2v) is 12.5. The molecule has 0 saturated heterocycles. The molecule has 4 heterocycles. The summed E-state index contributed by atoms with van der Waals surface area (Å²) >= 11 is 0. The average molecular weight is 598 g/mol. The van der Waals surface area contributed by atoms with E-state index in [4.69, 9.17) is 0 Å². The van der Waals surface area contributed by atoms with Crippen LogP contribution in [0.5, 0.6) is 0 Å². The van der Waals surface area contributed by atoms with E-state index in [1.165, 1.54) is 87.2 Å². The molecule has 0 aliphatic carbocycles. The number of benzene rings is 7. The molecule has 0 radical (unpaired) electrons. The number of aromatic nitrogens is 3. The van der Waals surface area contributed by atoms with Crippen LogP contribution in [0.1, 0.15) is 0 Å². The predicted octanol–water partition coefficient (Wildman–Crippen LogP) is 11.6. The zero-order chi connectivity index (χ0) is 30.6. The molecule has 47 heavy (non-hydrogen) atoms. The zero-order valence-corrected chi connectivity index (χ0v) is 25.4. The maximum Gasteiger partial charge on any atom is 0.131 e. The van der Waals surface area contributed by atoms with E-state index < -0.39 is 0 Å². The van der Waals surface area contributed by atoms with E-state index in [0.717, 1.165) is 5.69 Å². The lowest BCUT2D eigenvalue weighted by Crippen LogP contribution is -1.94. The topological polar surface area (TPSA) is 13.8 Å². The van der Waals surface area contributed by atoms with Crippen LogP contribution in [0.2, 0.25) is 0 Å². The summed E-state index contributed by atoms with van der Waals surface area (Å²) in [4.78, 5) is 0. The van der Waals surface area contributed by atoms with Crippen molar-refractivity contribution in [3.8, 4) is 5.69 Å². The van der Waals surface area contributed by atoms with Crippen molar-refractivity contribution in [3.63, 3.8) is 0 Å². The molecule has 0 aliphatic rings. The van der Waals surface area contributed by atoms with Crippen molar-refractivity contribution in [2.75, 3.05) is 0 Å². The molecule has 3 nitrogen and oxygen atoms in total. The number of hydrogen-bond acceptors (Lipinski definition) is 0. The van der Waals surface area contributed by atoms with Crippen molar-refractivity contribution >= 4 is 87.2 Å². The summed E-state index contributed by atoms with van der Waals surface area (Å²) < 4.78 is 7.46. The Labute approximate surface area is 269 Å². The van der Waals surface area contributed by atoms with Crippen LogP contribution in [-0.2, 0) is 0 Å². The molecule has 0 spiro atoms. The maximum absolute atomic E-state index is 2.53. The molecule has 218 valence electrons. The number of rotatable bonds is 1. The molecule has 0 bridgehead atoms. The Balaban J connectivity index is 1.55. The van der Waals surface area contributed by atoms with E-state index in [9.17, 15) is 0 Å². The summed E-state index contributed by atoms with van der Waals surface area (Å²) in [5.41, 5.74) is 9.56. The predicted molar refractivity (Wildman–Crippen MR) is 199 cm³/mol. The van der Waals surface area contributed by atoms with Gasteiger partial charge in [0, 0.05) is 43.4 Å². The molecule has 0 atom stereocenters. The fourth-order valence-electron chi connectivity index (χ4n) is 8.29. The Bertz CT molecular complexity index is 3120. The smallest absolute Gasteiger partial charge is 0.131 e. The van der Waals surface area contributed by atoms with Crippen molar-refractivity contribution in [3.05, 3.63) is 164 Å². The van der Waals surface area contributed by atoms with Gasteiger partial charge >= 0.3 is 0 Å².